The first kappa shape index (κ1) is 61.3. The highest BCUT2D eigenvalue weighted by Gasteiger charge is 2.24. The standard InChI is InChI=1S/C58H103NO5/c1-4-7-10-13-16-19-22-24-26-28-29-30-32-34-36-39-42-45-48-51-58(63)64-54(49-46-43-40-37-21-18-15-12-9-6-3)52-57(62)59-55(53-60)56(61)50-47-44-41-38-35-33-31-27-25-23-20-17-14-11-8-5-2/h7,10,16,19,24,26,29-30,34,36,42,45,54-56,60-61H,4-6,8-9,11-15,17-18,20-23,25,27-28,31-33,35,37-41,43-44,46-53H2,1-3H3,(H,59,62)/b10-7-,19-16-,26-24-,30-29-,36-34-,45-42-. The molecule has 6 heteroatoms. The minimum Gasteiger partial charge on any atom is -0.462 e. The Balaban J connectivity index is 4.57. The predicted octanol–water partition coefficient (Wildman–Crippen LogP) is 16.6. The Labute approximate surface area is 396 Å². The molecule has 0 aliphatic carbocycles. The molecule has 0 heterocycles. The number of aliphatic hydroxyl groups excluding tert-OH is 2. The van der Waals surface area contributed by atoms with Crippen LogP contribution in [-0.2, 0) is 14.3 Å². The van der Waals surface area contributed by atoms with Crippen LogP contribution in [0.4, 0.5) is 0 Å². The zero-order valence-corrected chi connectivity index (χ0v) is 42.1. The van der Waals surface area contributed by atoms with Gasteiger partial charge in [-0.25, -0.2) is 0 Å². The molecule has 0 aliphatic rings. The molecule has 0 saturated heterocycles. The highest BCUT2D eigenvalue weighted by molar-refractivity contribution is 5.77. The molecule has 6 nitrogen and oxygen atoms in total. The summed E-state index contributed by atoms with van der Waals surface area (Å²) < 4.78 is 5.89. The molecule has 64 heavy (non-hydrogen) atoms. The molecule has 0 spiro atoms. The summed E-state index contributed by atoms with van der Waals surface area (Å²) in [5, 5.41) is 23.8. The number of amides is 1. The first-order valence-corrected chi connectivity index (χ1v) is 27.2. The van der Waals surface area contributed by atoms with Crippen molar-refractivity contribution in [2.75, 3.05) is 6.61 Å². The molecule has 3 unspecified atom stereocenters. The molecule has 3 atom stereocenters. The Bertz CT molecular complexity index is 1190. The smallest absolute Gasteiger partial charge is 0.306 e. The van der Waals surface area contributed by atoms with Crippen molar-refractivity contribution in [3.8, 4) is 0 Å². The molecule has 0 bridgehead atoms. The van der Waals surface area contributed by atoms with Crippen molar-refractivity contribution in [2.24, 2.45) is 0 Å². The van der Waals surface area contributed by atoms with Gasteiger partial charge in [-0.15, -0.1) is 0 Å². The second-order valence-corrected chi connectivity index (χ2v) is 18.3. The molecule has 0 rings (SSSR count). The van der Waals surface area contributed by atoms with Crippen LogP contribution in [0.5, 0.6) is 0 Å². The lowest BCUT2D eigenvalue weighted by Gasteiger charge is -2.24. The molecule has 370 valence electrons. The summed E-state index contributed by atoms with van der Waals surface area (Å²) in [5.74, 6) is -0.571. The molecule has 0 aromatic rings. The molecule has 0 saturated carbocycles. The Morgan fingerprint density at radius 3 is 1.19 bits per heavy atom. The Kier molecular flexibility index (Phi) is 49.1. The summed E-state index contributed by atoms with van der Waals surface area (Å²) in [6, 6.07) is -0.717. The van der Waals surface area contributed by atoms with E-state index in [4.69, 9.17) is 4.74 Å². The molecule has 0 aromatic carbocycles. The summed E-state index contributed by atoms with van der Waals surface area (Å²) in [7, 11) is 0. The topological polar surface area (TPSA) is 95.9 Å². The number of esters is 1. The van der Waals surface area contributed by atoms with Gasteiger partial charge in [0.25, 0.3) is 0 Å². The lowest BCUT2D eigenvalue weighted by atomic mass is 10.0. The average molecular weight is 894 g/mol. The van der Waals surface area contributed by atoms with Gasteiger partial charge in [-0.1, -0.05) is 254 Å². The van der Waals surface area contributed by atoms with E-state index in [1.807, 2.05) is 6.08 Å². The predicted molar refractivity (Wildman–Crippen MR) is 278 cm³/mol. The third-order valence-corrected chi connectivity index (χ3v) is 12.1. The zero-order valence-electron chi connectivity index (χ0n) is 42.1. The van der Waals surface area contributed by atoms with Gasteiger partial charge in [0.2, 0.25) is 5.91 Å². The van der Waals surface area contributed by atoms with Crippen LogP contribution in [0.25, 0.3) is 0 Å². The van der Waals surface area contributed by atoms with Gasteiger partial charge in [0.05, 0.1) is 25.2 Å². The Morgan fingerprint density at radius 2 is 0.812 bits per heavy atom. The van der Waals surface area contributed by atoms with E-state index in [-0.39, 0.29) is 31.3 Å². The van der Waals surface area contributed by atoms with E-state index in [9.17, 15) is 19.8 Å². The Morgan fingerprint density at radius 1 is 0.469 bits per heavy atom. The number of hydrogen-bond donors (Lipinski definition) is 3. The van der Waals surface area contributed by atoms with Gasteiger partial charge < -0.3 is 20.3 Å². The van der Waals surface area contributed by atoms with Crippen LogP contribution in [-0.4, -0.2) is 46.9 Å². The number of hydrogen-bond acceptors (Lipinski definition) is 5. The minimum atomic E-state index is -0.801. The van der Waals surface area contributed by atoms with Crippen molar-refractivity contribution in [3.05, 3.63) is 72.9 Å². The van der Waals surface area contributed by atoms with Crippen molar-refractivity contribution < 1.29 is 24.5 Å². The highest BCUT2D eigenvalue weighted by Crippen LogP contribution is 2.18. The number of carbonyl (C=O) groups is 2. The number of aliphatic hydroxyl groups is 2. The van der Waals surface area contributed by atoms with Crippen LogP contribution < -0.4 is 5.32 Å². The normalized spacial score (nSPS) is 13.8. The monoisotopic (exact) mass is 894 g/mol. The van der Waals surface area contributed by atoms with Gasteiger partial charge in [-0.3, -0.25) is 9.59 Å². The van der Waals surface area contributed by atoms with Crippen LogP contribution in [0.1, 0.15) is 258 Å². The van der Waals surface area contributed by atoms with Gasteiger partial charge in [0.15, 0.2) is 0 Å². The number of ether oxygens (including phenoxy) is 1. The Hall–Kier alpha value is -2.70. The van der Waals surface area contributed by atoms with Gasteiger partial charge >= 0.3 is 5.97 Å². The highest BCUT2D eigenvalue weighted by atomic mass is 16.5. The molecule has 0 aliphatic heterocycles. The number of allylic oxidation sites excluding steroid dienone is 12. The SMILES string of the molecule is CC/C=C\C/C=C\C/C=C\C/C=C\C/C=C\C/C=C\CCC(=O)OC(CCCCCCCCCCCC)CC(=O)NC(CO)C(O)CCCCCCCCCCCCCCCCCC. The fourth-order valence-corrected chi connectivity index (χ4v) is 7.99. The maximum atomic E-state index is 13.2. The van der Waals surface area contributed by atoms with E-state index in [2.05, 4.69) is 92.9 Å². The quantitative estimate of drug-likeness (QED) is 0.0321. The van der Waals surface area contributed by atoms with E-state index in [0.717, 1.165) is 77.0 Å². The lowest BCUT2D eigenvalue weighted by Crippen LogP contribution is -2.46. The number of unbranched alkanes of at least 4 members (excludes halogenated alkanes) is 24. The molecule has 3 N–H and O–H groups in total. The second-order valence-electron chi connectivity index (χ2n) is 18.3. The van der Waals surface area contributed by atoms with E-state index in [1.54, 1.807) is 0 Å². The van der Waals surface area contributed by atoms with Crippen molar-refractivity contribution in [1.29, 1.82) is 0 Å². The summed E-state index contributed by atoms with van der Waals surface area (Å²) in [5.41, 5.74) is 0. The molecular formula is C58H103NO5. The third kappa shape index (κ3) is 45.9. The largest absolute Gasteiger partial charge is 0.462 e. The van der Waals surface area contributed by atoms with Crippen molar-refractivity contribution >= 4 is 11.9 Å². The lowest BCUT2D eigenvalue weighted by molar-refractivity contribution is -0.150. The fraction of sp³-hybridized carbons (Fsp3) is 0.759. The van der Waals surface area contributed by atoms with Crippen LogP contribution in [0.3, 0.4) is 0 Å². The maximum Gasteiger partial charge on any atom is 0.306 e. The maximum absolute atomic E-state index is 13.2. The van der Waals surface area contributed by atoms with Gasteiger partial charge in [-0.2, -0.15) is 0 Å². The van der Waals surface area contributed by atoms with Crippen LogP contribution in [0, 0.1) is 0 Å². The summed E-state index contributed by atoms with van der Waals surface area (Å²) in [6.07, 6.45) is 65.5. The number of carbonyl (C=O) groups excluding carboxylic acids is 2. The molecule has 1 amide bonds. The van der Waals surface area contributed by atoms with E-state index in [1.165, 1.54) is 128 Å². The number of rotatable bonds is 48. The van der Waals surface area contributed by atoms with Crippen LogP contribution >= 0.6 is 0 Å². The summed E-state index contributed by atoms with van der Waals surface area (Å²) >= 11 is 0. The average Bonchev–Trinajstić information content (AvgIpc) is 3.29. The van der Waals surface area contributed by atoms with Gasteiger partial charge in [-0.05, 0) is 64.2 Å². The number of nitrogens with one attached hydrogen (secondary N) is 1. The van der Waals surface area contributed by atoms with E-state index < -0.39 is 18.2 Å². The van der Waals surface area contributed by atoms with Gasteiger partial charge in [0.1, 0.15) is 6.10 Å². The third-order valence-electron chi connectivity index (χ3n) is 12.1. The summed E-state index contributed by atoms with van der Waals surface area (Å²) in [4.78, 5) is 26.1. The van der Waals surface area contributed by atoms with Crippen molar-refractivity contribution in [3.63, 3.8) is 0 Å². The molecule has 0 aromatic heterocycles. The first-order valence-electron chi connectivity index (χ1n) is 27.2. The fourth-order valence-electron chi connectivity index (χ4n) is 7.99. The molecular weight excluding hydrogens is 791 g/mol. The van der Waals surface area contributed by atoms with Crippen molar-refractivity contribution in [2.45, 2.75) is 277 Å². The van der Waals surface area contributed by atoms with E-state index in [0.29, 0.717) is 19.3 Å². The first-order chi connectivity index (χ1) is 31.5. The van der Waals surface area contributed by atoms with Gasteiger partial charge in [0, 0.05) is 6.42 Å². The van der Waals surface area contributed by atoms with E-state index >= 15 is 0 Å². The summed E-state index contributed by atoms with van der Waals surface area (Å²) in [6.45, 7) is 6.36. The molecule has 0 radical (unpaired) electrons. The molecule has 0 fully saturated rings. The van der Waals surface area contributed by atoms with Crippen LogP contribution in [0.15, 0.2) is 72.9 Å². The minimum absolute atomic E-state index is 0.0470. The second kappa shape index (κ2) is 51.3. The zero-order chi connectivity index (χ0) is 46.7. The van der Waals surface area contributed by atoms with Crippen LogP contribution in [0.2, 0.25) is 0 Å². The van der Waals surface area contributed by atoms with Crippen molar-refractivity contribution in [1.82, 2.24) is 5.32 Å².